The summed E-state index contributed by atoms with van der Waals surface area (Å²) < 4.78 is 10.8. The average molecular weight is 269 g/mol. The molecule has 0 aliphatic heterocycles. The van der Waals surface area contributed by atoms with E-state index in [2.05, 4.69) is 4.98 Å². The number of aliphatic hydroxyl groups excluding tert-OH is 1. The molecule has 102 valence electrons. The lowest BCUT2D eigenvalue weighted by Crippen LogP contribution is -2.07. The highest BCUT2D eigenvalue weighted by Crippen LogP contribution is 2.21. The first-order valence-corrected chi connectivity index (χ1v) is 6.45. The standard InChI is InChI=1S/C16H15NO3/c18-15(11-19-10-12-2-1-6-17-9-12)13-3-4-16-14(8-13)5-7-20-16/h1-9,15,18H,10-11H2. The van der Waals surface area contributed by atoms with Crippen molar-refractivity contribution >= 4 is 11.0 Å². The predicted molar refractivity (Wildman–Crippen MR) is 75.1 cm³/mol. The third-order valence-corrected chi connectivity index (χ3v) is 3.13. The van der Waals surface area contributed by atoms with Crippen LogP contribution in [0.1, 0.15) is 17.2 Å². The molecule has 0 amide bonds. The average Bonchev–Trinajstić information content (AvgIpc) is 2.95. The van der Waals surface area contributed by atoms with Gasteiger partial charge in [-0.15, -0.1) is 0 Å². The highest BCUT2D eigenvalue weighted by atomic mass is 16.5. The molecule has 3 aromatic rings. The fourth-order valence-electron chi connectivity index (χ4n) is 2.06. The van der Waals surface area contributed by atoms with Crippen LogP contribution in [0.4, 0.5) is 0 Å². The Hall–Kier alpha value is -2.17. The number of rotatable bonds is 5. The summed E-state index contributed by atoms with van der Waals surface area (Å²) in [4.78, 5) is 4.02. The van der Waals surface area contributed by atoms with Crippen molar-refractivity contribution in [1.82, 2.24) is 4.98 Å². The normalized spacial score (nSPS) is 12.7. The molecule has 2 heterocycles. The summed E-state index contributed by atoms with van der Waals surface area (Å²) in [5.41, 5.74) is 2.63. The molecule has 1 aromatic carbocycles. The number of ether oxygens (including phenoxy) is 1. The third-order valence-electron chi connectivity index (χ3n) is 3.13. The fourth-order valence-corrected chi connectivity index (χ4v) is 2.06. The maximum atomic E-state index is 10.1. The van der Waals surface area contributed by atoms with E-state index in [0.29, 0.717) is 6.61 Å². The second-order valence-electron chi connectivity index (χ2n) is 4.61. The minimum Gasteiger partial charge on any atom is -0.464 e. The van der Waals surface area contributed by atoms with Crippen LogP contribution in [0.25, 0.3) is 11.0 Å². The van der Waals surface area contributed by atoms with Gasteiger partial charge in [0.25, 0.3) is 0 Å². The lowest BCUT2D eigenvalue weighted by molar-refractivity contribution is 0.0277. The Morgan fingerprint density at radius 3 is 3.05 bits per heavy atom. The summed E-state index contributed by atoms with van der Waals surface area (Å²) in [7, 11) is 0. The summed E-state index contributed by atoms with van der Waals surface area (Å²) in [6.45, 7) is 0.692. The van der Waals surface area contributed by atoms with Crippen LogP contribution in [0, 0.1) is 0 Å². The first kappa shape index (κ1) is 12.8. The quantitative estimate of drug-likeness (QED) is 0.773. The minimum absolute atomic E-state index is 0.248. The van der Waals surface area contributed by atoms with Gasteiger partial charge in [0.15, 0.2) is 0 Å². The zero-order valence-corrected chi connectivity index (χ0v) is 10.9. The number of furan rings is 1. The molecule has 2 aromatic heterocycles. The van der Waals surface area contributed by atoms with E-state index in [4.69, 9.17) is 9.15 Å². The van der Waals surface area contributed by atoms with E-state index in [1.165, 1.54) is 0 Å². The van der Waals surface area contributed by atoms with Gasteiger partial charge in [0.1, 0.15) is 11.7 Å². The Labute approximate surface area is 116 Å². The molecule has 0 saturated heterocycles. The van der Waals surface area contributed by atoms with E-state index in [1.807, 2.05) is 36.4 Å². The third kappa shape index (κ3) is 2.87. The number of fused-ring (bicyclic) bond motifs is 1. The molecular weight excluding hydrogens is 254 g/mol. The van der Waals surface area contributed by atoms with E-state index >= 15 is 0 Å². The van der Waals surface area contributed by atoms with Gasteiger partial charge in [-0.3, -0.25) is 4.98 Å². The molecule has 1 unspecified atom stereocenters. The van der Waals surface area contributed by atoms with Crippen molar-refractivity contribution in [2.45, 2.75) is 12.7 Å². The molecule has 4 nitrogen and oxygen atoms in total. The maximum absolute atomic E-state index is 10.1. The van der Waals surface area contributed by atoms with Gasteiger partial charge in [-0.2, -0.15) is 0 Å². The van der Waals surface area contributed by atoms with E-state index in [0.717, 1.165) is 22.1 Å². The highest BCUT2D eigenvalue weighted by Gasteiger charge is 2.09. The summed E-state index contributed by atoms with van der Waals surface area (Å²) in [6, 6.07) is 11.3. The molecule has 1 atom stereocenters. The topological polar surface area (TPSA) is 55.5 Å². The van der Waals surface area contributed by atoms with Crippen molar-refractivity contribution in [2.24, 2.45) is 0 Å². The van der Waals surface area contributed by atoms with Gasteiger partial charge in [-0.05, 0) is 35.4 Å². The van der Waals surface area contributed by atoms with Crippen molar-refractivity contribution in [1.29, 1.82) is 0 Å². The second kappa shape index (κ2) is 5.86. The molecule has 3 rings (SSSR count). The van der Waals surface area contributed by atoms with Gasteiger partial charge >= 0.3 is 0 Å². The Morgan fingerprint density at radius 1 is 1.25 bits per heavy atom. The predicted octanol–water partition coefficient (Wildman–Crippen LogP) is 3.08. The van der Waals surface area contributed by atoms with Crippen molar-refractivity contribution in [3.8, 4) is 0 Å². The van der Waals surface area contributed by atoms with Crippen LogP contribution in [-0.4, -0.2) is 16.7 Å². The van der Waals surface area contributed by atoms with Gasteiger partial charge in [0.2, 0.25) is 0 Å². The van der Waals surface area contributed by atoms with Gasteiger partial charge in [-0.1, -0.05) is 12.1 Å². The molecule has 20 heavy (non-hydrogen) atoms. The number of nitrogens with zero attached hydrogens (tertiary/aromatic N) is 1. The molecule has 0 aliphatic rings. The number of aromatic nitrogens is 1. The van der Waals surface area contributed by atoms with Crippen LogP contribution >= 0.6 is 0 Å². The Morgan fingerprint density at radius 2 is 2.20 bits per heavy atom. The van der Waals surface area contributed by atoms with E-state index in [-0.39, 0.29) is 6.61 Å². The molecule has 0 bridgehead atoms. The van der Waals surface area contributed by atoms with Crippen molar-refractivity contribution < 1.29 is 14.3 Å². The van der Waals surface area contributed by atoms with Crippen molar-refractivity contribution in [2.75, 3.05) is 6.61 Å². The molecule has 0 fully saturated rings. The summed E-state index contributed by atoms with van der Waals surface area (Å²) in [5, 5.41) is 11.1. The Balaban J connectivity index is 1.59. The zero-order valence-electron chi connectivity index (χ0n) is 10.9. The van der Waals surface area contributed by atoms with Crippen molar-refractivity contribution in [3.63, 3.8) is 0 Å². The Bertz CT molecular complexity index is 678. The van der Waals surface area contributed by atoms with Crippen LogP contribution < -0.4 is 0 Å². The first-order chi connectivity index (χ1) is 9.83. The lowest BCUT2D eigenvalue weighted by atomic mass is 10.1. The van der Waals surface area contributed by atoms with Gasteiger partial charge in [-0.25, -0.2) is 0 Å². The largest absolute Gasteiger partial charge is 0.464 e. The van der Waals surface area contributed by atoms with E-state index in [1.54, 1.807) is 18.7 Å². The van der Waals surface area contributed by atoms with E-state index < -0.39 is 6.10 Å². The van der Waals surface area contributed by atoms with E-state index in [9.17, 15) is 5.11 Å². The number of hydrogen-bond acceptors (Lipinski definition) is 4. The van der Waals surface area contributed by atoms with Crippen LogP contribution in [0.15, 0.2) is 59.5 Å². The summed E-state index contributed by atoms with van der Waals surface area (Å²) in [5.74, 6) is 0. The molecule has 4 heteroatoms. The zero-order chi connectivity index (χ0) is 13.8. The Kier molecular flexibility index (Phi) is 3.76. The monoisotopic (exact) mass is 269 g/mol. The number of hydrogen-bond donors (Lipinski definition) is 1. The molecule has 0 aliphatic carbocycles. The molecule has 1 N–H and O–H groups in total. The number of benzene rings is 1. The maximum Gasteiger partial charge on any atom is 0.133 e. The molecular formula is C16H15NO3. The van der Waals surface area contributed by atoms with Crippen LogP contribution in [-0.2, 0) is 11.3 Å². The molecule has 0 saturated carbocycles. The number of aliphatic hydroxyl groups is 1. The van der Waals surface area contributed by atoms with Gasteiger partial charge in [0.05, 0.1) is 19.5 Å². The van der Waals surface area contributed by atoms with Crippen LogP contribution in [0.3, 0.4) is 0 Å². The smallest absolute Gasteiger partial charge is 0.133 e. The first-order valence-electron chi connectivity index (χ1n) is 6.45. The highest BCUT2D eigenvalue weighted by molar-refractivity contribution is 5.77. The van der Waals surface area contributed by atoms with Gasteiger partial charge in [0, 0.05) is 17.8 Å². The molecule has 0 spiro atoms. The van der Waals surface area contributed by atoms with Crippen LogP contribution in [0.5, 0.6) is 0 Å². The van der Waals surface area contributed by atoms with Crippen LogP contribution in [0.2, 0.25) is 0 Å². The molecule has 0 radical (unpaired) electrons. The minimum atomic E-state index is -0.647. The SMILES string of the molecule is OC(COCc1cccnc1)c1ccc2occc2c1. The second-order valence-corrected chi connectivity index (χ2v) is 4.61. The van der Waals surface area contributed by atoms with Crippen molar-refractivity contribution in [3.05, 3.63) is 66.2 Å². The summed E-state index contributed by atoms with van der Waals surface area (Å²) >= 11 is 0. The fraction of sp³-hybridized carbons (Fsp3) is 0.188. The summed E-state index contributed by atoms with van der Waals surface area (Å²) in [6.07, 6.45) is 4.47. The number of pyridine rings is 1. The van der Waals surface area contributed by atoms with Gasteiger partial charge < -0.3 is 14.3 Å². The lowest BCUT2D eigenvalue weighted by Gasteiger charge is -2.11.